The minimum absolute atomic E-state index is 0.166. The van der Waals surface area contributed by atoms with Crippen LogP contribution in [0.5, 0.6) is 11.6 Å². The van der Waals surface area contributed by atoms with Gasteiger partial charge >= 0.3 is 0 Å². The summed E-state index contributed by atoms with van der Waals surface area (Å²) in [5.74, 6) is 1.16. The summed E-state index contributed by atoms with van der Waals surface area (Å²) in [5, 5.41) is 2.84. The molecule has 0 saturated heterocycles. The van der Waals surface area contributed by atoms with Crippen LogP contribution in [-0.4, -0.2) is 29.1 Å². The number of hydrogen-bond donors (Lipinski definition) is 1. The highest BCUT2D eigenvalue weighted by Crippen LogP contribution is 2.10. The number of nitrogens with one attached hydrogen (secondary N) is 1. The quantitative estimate of drug-likeness (QED) is 0.622. The van der Waals surface area contributed by atoms with Crippen molar-refractivity contribution in [2.75, 3.05) is 13.2 Å². The molecule has 0 bridgehead atoms. The van der Waals surface area contributed by atoms with E-state index in [1.807, 2.05) is 49.4 Å². The largest absolute Gasteiger partial charge is 0.490 e. The molecule has 0 aliphatic heterocycles. The molecule has 1 aromatic carbocycles. The summed E-state index contributed by atoms with van der Waals surface area (Å²) < 4.78 is 11.1. The SMILES string of the molecule is Cc1ccc(C(=O)NCc2ccc(OCCOc3ccccc3)nc2)cn1. The number of carbonyl (C=O) groups excluding carboxylic acids is 1. The van der Waals surface area contributed by atoms with Gasteiger partial charge in [-0.25, -0.2) is 4.98 Å². The highest BCUT2D eigenvalue weighted by molar-refractivity contribution is 5.93. The van der Waals surface area contributed by atoms with E-state index in [4.69, 9.17) is 9.47 Å². The van der Waals surface area contributed by atoms with Gasteiger partial charge in [-0.3, -0.25) is 9.78 Å². The van der Waals surface area contributed by atoms with Gasteiger partial charge in [0.2, 0.25) is 5.88 Å². The maximum Gasteiger partial charge on any atom is 0.253 e. The third kappa shape index (κ3) is 5.81. The first-order chi connectivity index (χ1) is 13.2. The number of benzene rings is 1. The van der Waals surface area contributed by atoms with Crippen LogP contribution in [0.15, 0.2) is 67.0 Å². The molecular formula is C21H21N3O3. The Morgan fingerprint density at radius 3 is 2.44 bits per heavy atom. The van der Waals surface area contributed by atoms with Crippen LogP contribution in [0.3, 0.4) is 0 Å². The van der Waals surface area contributed by atoms with E-state index in [1.165, 1.54) is 0 Å². The van der Waals surface area contributed by atoms with Gasteiger partial charge in [-0.1, -0.05) is 24.3 Å². The molecule has 0 radical (unpaired) electrons. The van der Waals surface area contributed by atoms with Crippen molar-refractivity contribution in [3.05, 3.63) is 83.8 Å². The minimum atomic E-state index is -0.166. The Morgan fingerprint density at radius 1 is 0.926 bits per heavy atom. The molecule has 2 heterocycles. The second kappa shape index (κ2) is 9.33. The number of nitrogens with zero attached hydrogens (tertiary/aromatic N) is 2. The van der Waals surface area contributed by atoms with E-state index in [0.717, 1.165) is 17.0 Å². The Labute approximate surface area is 158 Å². The lowest BCUT2D eigenvalue weighted by atomic mass is 10.2. The van der Waals surface area contributed by atoms with Crippen molar-refractivity contribution >= 4 is 5.91 Å². The summed E-state index contributed by atoms with van der Waals surface area (Å²) in [6, 6.07) is 16.8. The molecule has 0 spiro atoms. The zero-order valence-corrected chi connectivity index (χ0v) is 15.1. The van der Waals surface area contributed by atoms with Crippen molar-refractivity contribution in [1.82, 2.24) is 15.3 Å². The summed E-state index contributed by atoms with van der Waals surface area (Å²) in [5.41, 5.74) is 2.30. The number of hydrogen-bond acceptors (Lipinski definition) is 5. The fourth-order valence-corrected chi connectivity index (χ4v) is 2.31. The number of amides is 1. The molecule has 0 aliphatic rings. The van der Waals surface area contributed by atoms with Crippen LogP contribution < -0.4 is 14.8 Å². The molecule has 27 heavy (non-hydrogen) atoms. The molecule has 138 valence electrons. The number of aromatic nitrogens is 2. The summed E-state index contributed by atoms with van der Waals surface area (Å²) in [6.07, 6.45) is 3.25. The Kier molecular flexibility index (Phi) is 6.35. The topological polar surface area (TPSA) is 73.3 Å². The lowest BCUT2D eigenvalue weighted by Gasteiger charge is -2.09. The normalized spacial score (nSPS) is 10.3. The number of rotatable bonds is 8. The monoisotopic (exact) mass is 363 g/mol. The van der Waals surface area contributed by atoms with Crippen LogP contribution in [0.25, 0.3) is 0 Å². The summed E-state index contributed by atoms with van der Waals surface area (Å²) in [6.45, 7) is 3.11. The van der Waals surface area contributed by atoms with Crippen LogP contribution >= 0.6 is 0 Å². The van der Waals surface area contributed by atoms with Gasteiger partial charge in [-0.2, -0.15) is 0 Å². The average molecular weight is 363 g/mol. The van der Waals surface area contributed by atoms with Gasteiger partial charge in [0.15, 0.2) is 0 Å². The first-order valence-corrected chi connectivity index (χ1v) is 8.67. The van der Waals surface area contributed by atoms with Gasteiger partial charge in [0.25, 0.3) is 5.91 Å². The summed E-state index contributed by atoms with van der Waals surface area (Å²) in [7, 11) is 0. The van der Waals surface area contributed by atoms with Crippen molar-refractivity contribution in [1.29, 1.82) is 0 Å². The molecule has 6 heteroatoms. The molecule has 6 nitrogen and oxygen atoms in total. The molecule has 3 aromatic rings. The van der Waals surface area contributed by atoms with E-state index in [9.17, 15) is 4.79 Å². The third-order valence-corrected chi connectivity index (χ3v) is 3.77. The third-order valence-electron chi connectivity index (χ3n) is 3.77. The molecule has 0 unspecified atom stereocenters. The average Bonchev–Trinajstić information content (AvgIpc) is 2.71. The Hall–Kier alpha value is -3.41. The number of aryl methyl sites for hydroxylation is 1. The highest BCUT2D eigenvalue weighted by Gasteiger charge is 2.06. The van der Waals surface area contributed by atoms with Gasteiger partial charge in [-0.15, -0.1) is 0 Å². The van der Waals surface area contributed by atoms with Crippen LogP contribution in [0.1, 0.15) is 21.6 Å². The fraction of sp³-hybridized carbons (Fsp3) is 0.190. The molecule has 1 N–H and O–H groups in total. The highest BCUT2D eigenvalue weighted by atomic mass is 16.5. The van der Waals surface area contributed by atoms with E-state index >= 15 is 0 Å². The van der Waals surface area contributed by atoms with Crippen LogP contribution in [0, 0.1) is 6.92 Å². The lowest BCUT2D eigenvalue weighted by molar-refractivity contribution is 0.0950. The maximum atomic E-state index is 12.1. The van der Waals surface area contributed by atoms with Crippen molar-refractivity contribution in [2.45, 2.75) is 13.5 Å². The zero-order valence-electron chi connectivity index (χ0n) is 15.1. The maximum absolute atomic E-state index is 12.1. The molecular weight excluding hydrogens is 342 g/mol. The fourth-order valence-electron chi connectivity index (χ4n) is 2.31. The van der Waals surface area contributed by atoms with Gasteiger partial charge in [0.05, 0.1) is 5.56 Å². The Morgan fingerprint density at radius 2 is 1.74 bits per heavy atom. The van der Waals surface area contributed by atoms with Crippen molar-refractivity contribution in [3.8, 4) is 11.6 Å². The number of pyridine rings is 2. The Bertz CT molecular complexity index is 850. The predicted molar refractivity (Wildman–Crippen MR) is 102 cm³/mol. The second-order valence-electron chi connectivity index (χ2n) is 5.89. The zero-order chi connectivity index (χ0) is 18.9. The molecule has 0 saturated carbocycles. The molecule has 0 atom stereocenters. The van der Waals surface area contributed by atoms with E-state index < -0.39 is 0 Å². The van der Waals surface area contributed by atoms with Gasteiger partial charge in [0, 0.05) is 30.7 Å². The first kappa shape index (κ1) is 18.4. The molecule has 1 amide bonds. The van der Waals surface area contributed by atoms with E-state index in [-0.39, 0.29) is 5.91 Å². The summed E-state index contributed by atoms with van der Waals surface area (Å²) in [4.78, 5) is 20.4. The van der Waals surface area contributed by atoms with Crippen molar-refractivity contribution in [3.63, 3.8) is 0 Å². The predicted octanol–water partition coefficient (Wildman–Crippen LogP) is 3.17. The lowest BCUT2D eigenvalue weighted by Crippen LogP contribution is -2.23. The van der Waals surface area contributed by atoms with Gasteiger partial charge in [0.1, 0.15) is 19.0 Å². The standard InChI is InChI=1S/C21H21N3O3/c1-16-7-9-18(15-22-16)21(25)24-14-17-8-10-20(23-13-17)27-12-11-26-19-5-3-2-4-6-19/h2-10,13,15H,11-12,14H2,1H3,(H,24,25). The van der Waals surface area contributed by atoms with Crippen molar-refractivity contribution in [2.24, 2.45) is 0 Å². The molecule has 0 aliphatic carbocycles. The van der Waals surface area contributed by atoms with Crippen molar-refractivity contribution < 1.29 is 14.3 Å². The molecule has 2 aromatic heterocycles. The number of ether oxygens (including phenoxy) is 2. The van der Waals surface area contributed by atoms with E-state index in [2.05, 4.69) is 15.3 Å². The smallest absolute Gasteiger partial charge is 0.253 e. The Balaban J connectivity index is 1.40. The number of para-hydroxylation sites is 1. The first-order valence-electron chi connectivity index (χ1n) is 8.67. The van der Waals surface area contributed by atoms with Crippen LogP contribution in [-0.2, 0) is 6.54 Å². The van der Waals surface area contributed by atoms with Gasteiger partial charge in [-0.05, 0) is 36.8 Å². The molecule has 3 rings (SSSR count). The van der Waals surface area contributed by atoms with Crippen LogP contribution in [0.4, 0.5) is 0 Å². The van der Waals surface area contributed by atoms with E-state index in [0.29, 0.717) is 31.2 Å². The van der Waals surface area contributed by atoms with E-state index in [1.54, 1.807) is 24.5 Å². The second-order valence-corrected chi connectivity index (χ2v) is 5.89. The minimum Gasteiger partial charge on any atom is -0.490 e. The van der Waals surface area contributed by atoms with Crippen LogP contribution in [0.2, 0.25) is 0 Å². The number of carbonyl (C=O) groups is 1. The summed E-state index contributed by atoms with van der Waals surface area (Å²) >= 11 is 0. The molecule has 0 fully saturated rings. The van der Waals surface area contributed by atoms with Gasteiger partial charge < -0.3 is 14.8 Å².